The van der Waals surface area contributed by atoms with Crippen LogP contribution >= 0.6 is 15.9 Å². The average molecular weight is 308 g/mol. The number of rotatable bonds is 5. The lowest BCUT2D eigenvalue weighted by atomic mass is 9.91. The van der Waals surface area contributed by atoms with Gasteiger partial charge in [0, 0.05) is 24.5 Å². The third-order valence-corrected chi connectivity index (χ3v) is 4.87. The number of halogens is 1. The van der Waals surface area contributed by atoms with Crippen LogP contribution in [-0.4, -0.2) is 22.8 Å². The molecule has 3 rings (SSSR count). The fraction of sp³-hybridized carbons (Fsp3) is 0.625. The SMILES string of the molecule is BrCCN(Cc1ccc2c(c1)CCC2)C1CCC1. The number of nitrogens with zero attached hydrogens (tertiary/aromatic N) is 1. The highest BCUT2D eigenvalue weighted by Gasteiger charge is 2.24. The van der Waals surface area contributed by atoms with Crippen LogP contribution in [0.4, 0.5) is 0 Å². The van der Waals surface area contributed by atoms with Gasteiger partial charge in [-0.3, -0.25) is 4.90 Å². The van der Waals surface area contributed by atoms with Crippen molar-refractivity contribution in [3.63, 3.8) is 0 Å². The van der Waals surface area contributed by atoms with Gasteiger partial charge in [-0.25, -0.2) is 0 Å². The molecule has 1 fully saturated rings. The predicted molar refractivity (Wildman–Crippen MR) is 80.3 cm³/mol. The van der Waals surface area contributed by atoms with Gasteiger partial charge < -0.3 is 0 Å². The first-order valence-electron chi connectivity index (χ1n) is 7.27. The molecule has 0 aromatic heterocycles. The Balaban J connectivity index is 1.69. The van der Waals surface area contributed by atoms with E-state index in [2.05, 4.69) is 39.0 Å². The van der Waals surface area contributed by atoms with Crippen molar-refractivity contribution in [1.82, 2.24) is 4.90 Å². The molecule has 1 saturated carbocycles. The number of aryl methyl sites for hydroxylation is 2. The highest BCUT2D eigenvalue weighted by atomic mass is 79.9. The molecule has 2 aliphatic rings. The van der Waals surface area contributed by atoms with Crippen LogP contribution in [0.15, 0.2) is 18.2 Å². The van der Waals surface area contributed by atoms with Gasteiger partial charge in [-0.05, 0) is 48.8 Å². The normalized spacial score (nSPS) is 19.0. The minimum Gasteiger partial charge on any atom is -0.295 e. The van der Waals surface area contributed by atoms with Gasteiger partial charge in [0.2, 0.25) is 0 Å². The number of benzene rings is 1. The van der Waals surface area contributed by atoms with Crippen LogP contribution in [0.1, 0.15) is 42.4 Å². The summed E-state index contributed by atoms with van der Waals surface area (Å²) in [5, 5.41) is 1.09. The number of fused-ring (bicyclic) bond motifs is 1. The summed E-state index contributed by atoms with van der Waals surface area (Å²) in [6.07, 6.45) is 8.17. The molecule has 98 valence electrons. The fourth-order valence-corrected chi connectivity index (χ4v) is 3.66. The van der Waals surface area contributed by atoms with E-state index in [4.69, 9.17) is 0 Å². The molecule has 0 heterocycles. The van der Waals surface area contributed by atoms with Crippen LogP contribution in [-0.2, 0) is 19.4 Å². The summed E-state index contributed by atoms with van der Waals surface area (Å²) in [6.45, 7) is 2.32. The van der Waals surface area contributed by atoms with Gasteiger partial charge in [0.1, 0.15) is 0 Å². The Labute approximate surface area is 119 Å². The van der Waals surface area contributed by atoms with E-state index in [1.807, 2.05) is 0 Å². The van der Waals surface area contributed by atoms with Crippen LogP contribution in [0, 0.1) is 0 Å². The molecule has 1 nitrogen and oxygen atoms in total. The lowest BCUT2D eigenvalue weighted by Gasteiger charge is -2.37. The van der Waals surface area contributed by atoms with Gasteiger partial charge in [0.25, 0.3) is 0 Å². The highest BCUT2D eigenvalue weighted by molar-refractivity contribution is 9.09. The average Bonchev–Trinajstić information content (AvgIpc) is 2.74. The maximum atomic E-state index is 3.59. The summed E-state index contributed by atoms with van der Waals surface area (Å²) in [6, 6.07) is 8.02. The number of alkyl halides is 1. The Morgan fingerprint density at radius 2 is 1.94 bits per heavy atom. The minimum atomic E-state index is 0.843. The quantitative estimate of drug-likeness (QED) is 0.745. The van der Waals surface area contributed by atoms with Crippen molar-refractivity contribution in [3.8, 4) is 0 Å². The Morgan fingerprint density at radius 3 is 2.67 bits per heavy atom. The summed E-state index contributed by atoms with van der Waals surface area (Å²) >= 11 is 3.59. The van der Waals surface area contributed by atoms with Crippen molar-refractivity contribution < 1.29 is 0 Å². The monoisotopic (exact) mass is 307 g/mol. The maximum absolute atomic E-state index is 3.59. The Morgan fingerprint density at radius 1 is 1.11 bits per heavy atom. The summed E-state index contributed by atoms with van der Waals surface area (Å²) in [7, 11) is 0. The third-order valence-electron chi connectivity index (χ3n) is 4.51. The molecular formula is C16H22BrN. The predicted octanol–water partition coefficient (Wildman–Crippen LogP) is 3.92. The first-order chi connectivity index (χ1) is 8.86. The molecular weight excluding hydrogens is 286 g/mol. The van der Waals surface area contributed by atoms with E-state index in [1.165, 1.54) is 50.6 Å². The van der Waals surface area contributed by atoms with Crippen molar-refractivity contribution in [3.05, 3.63) is 34.9 Å². The van der Waals surface area contributed by atoms with E-state index in [1.54, 1.807) is 11.1 Å². The fourth-order valence-electron chi connectivity index (χ4n) is 3.21. The molecule has 0 radical (unpaired) electrons. The highest BCUT2D eigenvalue weighted by Crippen LogP contribution is 2.28. The molecule has 2 aliphatic carbocycles. The van der Waals surface area contributed by atoms with Crippen molar-refractivity contribution in [2.24, 2.45) is 0 Å². The Kier molecular flexibility index (Phi) is 4.05. The summed E-state index contributed by atoms with van der Waals surface area (Å²) < 4.78 is 0. The van der Waals surface area contributed by atoms with Gasteiger partial charge in [-0.2, -0.15) is 0 Å². The molecule has 0 spiro atoms. The molecule has 1 aromatic rings. The van der Waals surface area contributed by atoms with Gasteiger partial charge in [0.15, 0.2) is 0 Å². The minimum absolute atomic E-state index is 0.843. The Bertz CT molecular complexity index is 412. The standard InChI is InChI=1S/C16H22BrN/c17-9-10-18(16-5-2-6-16)12-13-7-8-14-3-1-4-15(14)11-13/h7-8,11,16H,1-6,9-10,12H2. The van der Waals surface area contributed by atoms with Crippen molar-refractivity contribution in [2.45, 2.75) is 51.1 Å². The van der Waals surface area contributed by atoms with E-state index in [-0.39, 0.29) is 0 Å². The van der Waals surface area contributed by atoms with Gasteiger partial charge in [-0.1, -0.05) is 40.5 Å². The van der Waals surface area contributed by atoms with Crippen LogP contribution in [0.2, 0.25) is 0 Å². The molecule has 0 unspecified atom stereocenters. The smallest absolute Gasteiger partial charge is 0.0237 e. The number of hydrogen-bond donors (Lipinski definition) is 0. The molecule has 0 N–H and O–H groups in total. The second-order valence-electron chi connectivity index (χ2n) is 5.70. The van der Waals surface area contributed by atoms with Gasteiger partial charge in [-0.15, -0.1) is 0 Å². The van der Waals surface area contributed by atoms with Crippen LogP contribution < -0.4 is 0 Å². The summed E-state index contributed by atoms with van der Waals surface area (Å²) in [4.78, 5) is 2.66. The van der Waals surface area contributed by atoms with Crippen LogP contribution in [0.5, 0.6) is 0 Å². The van der Waals surface area contributed by atoms with Crippen LogP contribution in [0.3, 0.4) is 0 Å². The van der Waals surface area contributed by atoms with Gasteiger partial charge in [0.05, 0.1) is 0 Å². The topological polar surface area (TPSA) is 3.24 Å². The zero-order valence-corrected chi connectivity index (χ0v) is 12.6. The molecule has 18 heavy (non-hydrogen) atoms. The van der Waals surface area contributed by atoms with Gasteiger partial charge >= 0.3 is 0 Å². The number of hydrogen-bond acceptors (Lipinski definition) is 1. The molecule has 1 aromatic carbocycles. The first kappa shape index (κ1) is 12.7. The second-order valence-corrected chi connectivity index (χ2v) is 6.49. The van der Waals surface area contributed by atoms with E-state index >= 15 is 0 Å². The molecule has 0 bridgehead atoms. The molecule has 0 atom stereocenters. The molecule has 0 aliphatic heterocycles. The van der Waals surface area contributed by atoms with Crippen molar-refractivity contribution in [2.75, 3.05) is 11.9 Å². The second kappa shape index (κ2) is 5.75. The van der Waals surface area contributed by atoms with Crippen LogP contribution in [0.25, 0.3) is 0 Å². The lowest BCUT2D eigenvalue weighted by molar-refractivity contribution is 0.128. The molecule has 0 saturated heterocycles. The largest absolute Gasteiger partial charge is 0.295 e. The molecule has 2 heteroatoms. The van der Waals surface area contributed by atoms with E-state index in [9.17, 15) is 0 Å². The van der Waals surface area contributed by atoms with Crippen molar-refractivity contribution in [1.29, 1.82) is 0 Å². The van der Waals surface area contributed by atoms with E-state index < -0.39 is 0 Å². The zero-order chi connectivity index (χ0) is 12.4. The Hall–Kier alpha value is -0.340. The first-order valence-corrected chi connectivity index (χ1v) is 8.39. The zero-order valence-electron chi connectivity index (χ0n) is 11.0. The van der Waals surface area contributed by atoms with E-state index in [0.717, 1.165) is 17.9 Å². The van der Waals surface area contributed by atoms with E-state index in [0.29, 0.717) is 0 Å². The molecule has 0 amide bonds. The lowest BCUT2D eigenvalue weighted by Crippen LogP contribution is -2.40. The third kappa shape index (κ3) is 2.65. The van der Waals surface area contributed by atoms with Crippen molar-refractivity contribution >= 4 is 15.9 Å². The summed E-state index contributed by atoms with van der Waals surface area (Å²) in [5.41, 5.74) is 4.72. The maximum Gasteiger partial charge on any atom is 0.0237 e. The summed E-state index contributed by atoms with van der Waals surface area (Å²) in [5.74, 6) is 0.